The average molecular weight is 300 g/mol. The lowest BCUT2D eigenvalue weighted by molar-refractivity contribution is 0.562. The molecule has 0 aliphatic carbocycles. The summed E-state index contributed by atoms with van der Waals surface area (Å²) in [5, 5.41) is 0.421. The van der Waals surface area contributed by atoms with Crippen molar-refractivity contribution in [1.29, 1.82) is 0 Å². The topological polar surface area (TPSA) is 46.2 Å². The lowest BCUT2D eigenvalue weighted by Gasteiger charge is -2.05. The molecule has 0 heterocycles. The molecule has 7 heteroatoms. The average Bonchev–Trinajstić information content (AvgIpc) is 2.13. The van der Waals surface area contributed by atoms with Crippen molar-refractivity contribution in [3.05, 3.63) is 29.8 Å². The first-order valence-electron chi connectivity index (χ1n) is 3.97. The van der Waals surface area contributed by atoms with Crippen LogP contribution in [0.1, 0.15) is 0 Å². The molecule has 15 heavy (non-hydrogen) atoms. The Morgan fingerprint density at radius 3 is 2.20 bits per heavy atom. The van der Waals surface area contributed by atoms with E-state index in [0.29, 0.717) is 11.4 Å². The normalized spacial score (nSPS) is 11.7. The fraction of sp³-hybridized carbons (Fsp3) is 0.250. The molecule has 0 fully saturated rings. The highest BCUT2D eigenvalue weighted by Crippen LogP contribution is 2.13. The van der Waals surface area contributed by atoms with Gasteiger partial charge in [-0.3, -0.25) is 0 Å². The summed E-state index contributed by atoms with van der Waals surface area (Å²) in [6, 6.07) is 2.14. The highest BCUT2D eigenvalue weighted by molar-refractivity contribution is 9.09. The highest BCUT2D eigenvalue weighted by atomic mass is 79.9. The zero-order chi connectivity index (χ0) is 11.5. The minimum absolute atomic E-state index is 0.153. The first-order chi connectivity index (χ1) is 6.95. The maximum Gasteiger partial charge on any atom is 0.240 e. The minimum Gasteiger partial charge on any atom is -0.210 e. The molecule has 0 spiro atoms. The van der Waals surface area contributed by atoms with Crippen molar-refractivity contribution in [1.82, 2.24) is 4.72 Å². The summed E-state index contributed by atoms with van der Waals surface area (Å²) in [7, 11) is -3.83. The van der Waals surface area contributed by atoms with Gasteiger partial charge in [0.25, 0.3) is 0 Å². The molecule has 0 aliphatic heterocycles. The van der Waals surface area contributed by atoms with Crippen LogP contribution in [0, 0.1) is 11.6 Å². The number of sulfonamides is 1. The van der Waals surface area contributed by atoms with Crippen molar-refractivity contribution in [2.24, 2.45) is 0 Å². The lowest BCUT2D eigenvalue weighted by Crippen LogP contribution is -2.25. The monoisotopic (exact) mass is 299 g/mol. The third-order valence-electron chi connectivity index (χ3n) is 1.53. The summed E-state index contributed by atoms with van der Waals surface area (Å²) < 4.78 is 50.5. The van der Waals surface area contributed by atoms with E-state index < -0.39 is 26.6 Å². The van der Waals surface area contributed by atoms with Crippen molar-refractivity contribution in [2.45, 2.75) is 4.90 Å². The molecular weight excluding hydrogens is 292 g/mol. The van der Waals surface area contributed by atoms with Gasteiger partial charge in [-0.05, 0) is 12.1 Å². The Morgan fingerprint density at radius 1 is 1.20 bits per heavy atom. The fourth-order valence-corrected chi connectivity index (χ4v) is 2.47. The predicted octanol–water partition coefficient (Wildman–Crippen LogP) is 1.64. The van der Waals surface area contributed by atoms with E-state index in [9.17, 15) is 17.2 Å². The van der Waals surface area contributed by atoms with Crippen molar-refractivity contribution in [3.63, 3.8) is 0 Å². The van der Waals surface area contributed by atoms with Gasteiger partial charge in [-0.2, -0.15) is 0 Å². The summed E-state index contributed by atoms with van der Waals surface area (Å²) in [4.78, 5) is -0.416. The SMILES string of the molecule is O=S(=O)(NCCBr)c1cc(F)cc(F)c1. The van der Waals surface area contributed by atoms with Crippen LogP contribution in [0.2, 0.25) is 0 Å². The first-order valence-corrected chi connectivity index (χ1v) is 6.58. The lowest BCUT2D eigenvalue weighted by atomic mass is 10.3. The molecule has 1 N–H and O–H groups in total. The van der Waals surface area contributed by atoms with Gasteiger partial charge in [0.1, 0.15) is 11.6 Å². The highest BCUT2D eigenvalue weighted by Gasteiger charge is 2.15. The summed E-state index contributed by atoms with van der Waals surface area (Å²) in [5.41, 5.74) is 0. The van der Waals surface area contributed by atoms with Gasteiger partial charge in [0.2, 0.25) is 10.0 Å². The Labute approximate surface area is 94.7 Å². The van der Waals surface area contributed by atoms with Gasteiger partial charge in [0.05, 0.1) is 4.90 Å². The van der Waals surface area contributed by atoms with Gasteiger partial charge in [-0.1, -0.05) is 15.9 Å². The molecule has 0 amide bonds. The Balaban J connectivity index is 3.04. The van der Waals surface area contributed by atoms with Crippen LogP contribution in [0.4, 0.5) is 8.78 Å². The maximum absolute atomic E-state index is 12.7. The third kappa shape index (κ3) is 3.51. The van der Waals surface area contributed by atoms with Crippen molar-refractivity contribution < 1.29 is 17.2 Å². The molecule has 0 radical (unpaired) electrons. The van der Waals surface area contributed by atoms with Crippen LogP contribution < -0.4 is 4.72 Å². The summed E-state index contributed by atoms with van der Waals surface area (Å²) in [6.07, 6.45) is 0. The molecule has 1 rings (SSSR count). The Hall–Kier alpha value is -0.530. The Bertz CT molecular complexity index is 430. The van der Waals surface area contributed by atoms with Crippen molar-refractivity contribution >= 4 is 26.0 Å². The number of alkyl halides is 1. The first kappa shape index (κ1) is 12.5. The molecule has 0 aliphatic rings. The second kappa shape index (κ2) is 5.00. The van der Waals surface area contributed by atoms with Gasteiger partial charge in [0, 0.05) is 17.9 Å². The molecule has 1 aromatic carbocycles. The van der Waals surface area contributed by atoms with Crippen molar-refractivity contribution in [3.8, 4) is 0 Å². The van der Waals surface area contributed by atoms with E-state index in [2.05, 4.69) is 20.7 Å². The summed E-state index contributed by atoms with van der Waals surface area (Å²) in [5.74, 6) is -1.84. The van der Waals surface area contributed by atoms with Crippen LogP contribution in [0.3, 0.4) is 0 Å². The van der Waals surface area contributed by atoms with Gasteiger partial charge in [-0.15, -0.1) is 0 Å². The van der Waals surface area contributed by atoms with Crippen LogP contribution in [0.15, 0.2) is 23.1 Å². The molecule has 3 nitrogen and oxygen atoms in total. The van der Waals surface area contributed by atoms with Crippen LogP contribution >= 0.6 is 15.9 Å². The van der Waals surface area contributed by atoms with E-state index >= 15 is 0 Å². The molecular formula is C8H8BrF2NO2S. The Kier molecular flexibility index (Phi) is 4.18. The predicted molar refractivity (Wildman–Crippen MR) is 55.3 cm³/mol. The van der Waals surface area contributed by atoms with E-state index in [0.717, 1.165) is 12.1 Å². The van der Waals surface area contributed by atoms with Crippen LogP contribution in [-0.2, 0) is 10.0 Å². The largest absolute Gasteiger partial charge is 0.240 e. The quantitative estimate of drug-likeness (QED) is 0.859. The van der Waals surface area contributed by atoms with E-state index in [1.54, 1.807) is 0 Å². The van der Waals surface area contributed by atoms with Crippen LogP contribution in [0.5, 0.6) is 0 Å². The summed E-state index contributed by atoms with van der Waals surface area (Å²) in [6.45, 7) is 0.153. The second-order valence-electron chi connectivity index (χ2n) is 2.69. The third-order valence-corrected chi connectivity index (χ3v) is 3.37. The molecule has 0 aromatic heterocycles. The van der Waals surface area contributed by atoms with Gasteiger partial charge >= 0.3 is 0 Å². The fourth-order valence-electron chi connectivity index (χ4n) is 0.940. The zero-order valence-corrected chi connectivity index (χ0v) is 9.91. The standard InChI is InChI=1S/C8H8BrF2NO2S/c9-1-2-12-15(13,14)8-4-6(10)3-7(11)5-8/h3-5,12H,1-2H2. The maximum atomic E-state index is 12.7. The molecule has 1 aromatic rings. The number of nitrogens with one attached hydrogen (secondary N) is 1. The molecule has 0 unspecified atom stereocenters. The van der Waals surface area contributed by atoms with E-state index in [-0.39, 0.29) is 6.54 Å². The molecule has 84 valence electrons. The van der Waals surface area contributed by atoms with Gasteiger partial charge < -0.3 is 0 Å². The summed E-state index contributed by atoms with van der Waals surface area (Å²) >= 11 is 3.03. The van der Waals surface area contributed by atoms with Gasteiger partial charge in [0.15, 0.2) is 0 Å². The smallest absolute Gasteiger partial charge is 0.210 e. The molecule has 0 saturated carbocycles. The van der Waals surface area contributed by atoms with E-state index in [4.69, 9.17) is 0 Å². The Morgan fingerprint density at radius 2 is 1.73 bits per heavy atom. The van der Waals surface area contributed by atoms with E-state index in [1.165, 1.54) is 0 Å². The zero-order valence-electron chi connectivity index (χ0n) is 7.50. The minimum atomic E-state index is -3.83. The second-order valence-corrected chi connectivity index (χ2v) is 5.25. The van der Waals surface area contributed by atoms with E-state index in [1.807, 2.05) is 0 Å². The van der Waals surface area contributed by atoms with Crippen LogP contribution in [0.25, 0.3) is 0 Å². The molecule has 0 saturated heterocycles. The molecule has 0 bridgehead atoms. The number of hydrogen-bond donors (Lipinski definition) is 1. The number of rotatable bonds is 4. The number of halogens is 3. The number of benzene rings is 1. The number of hydrogen-bond acceptors (Lipinski definition) is 2. The van der Waals surface area contributed by atoms with Crippen molar-refractivity contribution in [2.75, 3.05) is 11.9 Å². The van der Waals surface area contributed by atoms with Crippen LogP contribution in [-0.4, -0.2) is 20.3 Å². The molecule has 0 atom stereocenters. The van der Waals surface area contributed by atoms with Gasteiger partial charge in [-0.25, -0.2) is 21.9 Å².